The lowest BCUT2D eigenvalue weighted by Crippen LogP contribution is -2.29. The molecule has 1 unspecified atom stereocenters. The summed E-state index contributed by atoms with van der Waals surface area (Å²) in [4.78, 5) is 11.6. The summed E-state index contributed by atoms with van der Waals surface area (Å²) in [6.45, 7) is 7.71. The molecule has 16 heavy (non-hydrogen) atoms. The Balaban J connectivity index is 2.56. The summed E-state index contributed by atoms with van der Waals surface area (Å²) in [5.41, 5.74) is 1.54. The van der Waals surface area contributed by atoms with Crippen LogP contribution in [0.5, 0.6) is 5.75 Å². The van der Waals surface area contributed by atoms with E-state index in [9.17, 15) is 9.90 Å². The van der Waals surface area contributed by atoms with Gasteiger partial charge in [0, 0.05) is 12.1 Å². The molecule has 0 heterocycles. The van der Waals surface area contributed by atoms with Crippen molar-refractivity contribution in [1.29, 1.82) is 0 Å². The molecule has 1 aromatic rings. The Labute approximate surface area is 95.8 Å². The van der Waals surface area contributed by atoms with Gasteiger partial charge in [-0.3, -0.25) is 4.79 Å². The van der Waals surface area contributed by atoms with Crippen LogP contribution in [0.1, 0.15) is 19.4 Å². The molecule has 0 fully saturated rings. The maximum Gasteiger partial charge on any atom is 0.227 e. The maximum absolute atomic E-state index is 11.6. The molecule has 3 heteroatoms. The molecule has 3 nitrogen and oxygen atoms in total. The number of phenolic OH excluding ortho intramolecular Hbond substituents is 1. The third-order valence-electron chi connectivity index (χ3n) is 2.58. The number of aromatic hydroxyl groups is 1. The molecule has 1 aromatic carbocycles. The number of hydrogen-bond donors (Lipinski definition) is 2. The number of para-hydroxylation sites is 1. The van der Waals surface area contributed by atoms with E-state index >= 15 is 0 Å². The predicted octanol–water partition coefficient (Wildman–Crippen LogP) is 2.22. The average Bonchev–Trinajstić information content (AvgIpc) is 2.26. The minimum atomic E-state index is -0.203. The monoisotopic (exact) mass is 219 g/mol. The van der Waals surface area contributed by atoms with Gasteiger partial charge in [-0.05, 0) is 19.9 Å². The van der Waals surface area contributed by atoms with Crippen LogP contribution in [0.2, 0.25) is 0 Å². The van der Waals surface area contributed by atoms with Crippen LogP contribution in [-0.4, -0.2) is 11.0 Å². The minimum Gasteiger partial charge on any atom is -0.508 e. The summed E-state index contributed by atoms with van der Waals surface area (Å²) in [7, 11) is 0. The molecular weight excluding hydrogens is 202 g/mol. The van der Waals surface area contributed by atoms with Crippen molar-refractivity contribution in [3.63, 3.8) is 0 Å². The van der Waals surface area contributed by atoms with Gasteiger partial charge in [0.25, 0.3) is 0 Å². The first-order valence-electron chi connectivity index (χ1n) is 5.22. The van der Waals surface area contributed by atoms with Gasteiger partial charge in [0.15, 0.2) is 0 Å². The number of carbonyl (C=O) groups is 1. The fourth-order valence-electron chi connectivity index (χ4n) is 1.22. The maximum atomic E-state index is 11.6. The largest absolute Gasteiger partial charge is 0.508 e. The highest BCUT2D eigenvalue weighted by Gasteiger charge is 2.12. The van der Waals surface area contributed by atoms with Gasteiger partial charge in [-0.1, -0.05) is 30.4 Å². The van der Waals surface area contributed by atoms with Crippen LogP contribution in [0.3, 0.4) is 0 Å². The lowest BCUT2D eigenvalue weighted by Gasteiger charge is -2.12. The lowest BCUT2D eigenvalue weighted by atomic mass is 10.0. The second-order valence-corrected chi connectivity index (χ2v) is 3.91. The number of nitrogens with one attached hydrogen (secondary N) is 1. The van der Waals surface area contributed by atoms with Gasteiger partial charge in [0.2, 0.25) is 5.91 Å². The number of amides is 1. The van der Waals surface area contributed by atoms with Crippen molar-refractivity contribution in [3.05, 3.63) is 42.0 Å². The average molecular weight is 219 g/mol. The summed E-state index contributed by atoms with van der Waals surface area (Å²) < 4.78 is 0. The van der Waals surface area contributed by atoms with E-state index in [4.69, 9.17) is 0 Å². The zero-order valence-electron chi connectivity index (χ0n) is 9.66. The molecule has 0 spiro atoms. The summed E-state index contributed by atoms with van der Waals surface area (Å²) >= 11 is 0. The number of phenols is 1. The van der Waals surface area contributed by atoms with E-state index in [1.54, 1.807) is 18.2 Å². The smallest absolute Gasteiger partial charge is 0.227 e. The Morgan fingerprint density at radius 3 is 2.69 bits per heavy atom. The first-order chi connectivity index (χ1) is 7.52. The quantitative estimate of drug-likeness (QED) is 0.763. The molecule has 0 bridgehead atoms. The molecule has 0 aliphatic heterocycles. The highest BCUT2D eigenvalue weighted by atomic mass is 16.3. The SMILES string of the molecule is C=C(C)C(C)C(=O)NCc1ccccc1O. The molecule has 2 N–H and O–H groups in total. The Morgan fingerprint density at radius 2 is 2.12 bits per heavy atom. The van der Waals surface area contributed by atoms with Gasteiger partial charge in [-0.2, -0.15) is 0 Å². The van der Waals surface area contributed by atoms with E-state index in [1.165, 1.54) is 0 Å². The van der Waals surface area contributed by atoms with Crippen molar-refractivity contribution < 1.29 is 9.90 Å². The lowest BCUT2D eigenvalue weighted by molar-refractivity contribution is -0.123. The van der Waals surface area contributed by atoms with Crippen molar-refractivity contribution in [2.45, 2.75) is 20.4 Å². The summed E-state index contributed by atoms with van der Waals surface area (Å²) in [5, 5.41) is 12.3. The van der Waals surface area contributed by atoms with Crippen molar-refractivity contribution >= 4 is 5.91 Å². The molecule has 0 radical (unpaired) electrons. The van der Waals surface area contributed by atoms with Crippen molar-refractivity contribution in [1.82, 2.24) is 5.32 Å². The van der Waals surface area contributed by atoms with Crippen LogP contribution < -0.4 is 5.32 Å². The zero-order chi connectivity index (χ0) is 12.1. The van der Waals surface area contributed by atoms with E-state index in [1.807, 2.05) is 19.9 Å². The molecule has 1 atom stereocenters. The first-order valence-corrected chi connectivity index (χ1v) is 5.22. The van der Waals surface area contributed by atoms with Crippen LogP contribution in [-0.2, 0) is 11.3 Å². The standard InChI is InChI=1S/C13H17NO2/c1-9(2)10(3)13(16)14-8-11-6-4-5-7-12(11)15/h4-7,10,15H,1,8H2,2-3H3,(H,14,16). The van der Waals surface area contributed by atoms with Crippen LogP contribution in [0.4, 0.5) is 0 Å². The topological polar surface area (TPSA) is 49.3 Å². The van der Waals surface area contributed by atoms with E-state index < -0.39 is 0 Å². The molecular formula is C13H17NO2. The number of rotatable bonds is 4. The fraction of sp³-hybridized carbons (Fsp3) is 0.308. The van der Waals surface area contributed by atoms with Crippen molar-refractivity contribution in [2.75, 3.05) is 0 Å². The van der Waals surface area contributed by atoms with Crippen molar-refractivity contribution in [3.8, 4) is 5.75 Å². The molecule has 86 valence electrons. The molecule has 0 saturated carbocycles. The minimum absolute atomic E-state index is 0.0734. The summed E-state index contributed by atoms with van der Waals surface area (Å²) in [6, 6.07) is 6.95. The van der Waals surface area contributed by atoms with E-state index in [2.05, 4.69) is 11.9 Å². The third kappa shape index (κ3) is 3.12. The Morgan fingerprint density at radius 1 is 1.50 bits per heavy atom. The Kier molecular flexibility index (Phi) is 4.11. The normalized spacial score (nSPS) is 11.9. The fourth-order valence-corrected chi connectivity index (χ4v) is 1.22. The van der Waals surface area contributed by atoms with E-state index in [-0.39, 0.29) is 17.6 Å². The Bertz CT molecular complexity index is 399. The molecule has 1 rings (SSSR count). The second kappa shape index (κ2) is 5.35. The molecule has 0 aliphatic carbocycles. The van der Waals surface area contributed by atoms with Crippen LogP contribution in [0.25, 0.3) is 0 Å². The van der Waals surface area contributed by atoms with Crippen LogP contribution >= 0.6 is 0 Å². The second-order valence-electron chi connectivity index (χ2n) is 3.91. The highest BCUT2D eigenvalue weighted by Crippen LogP contribution is 2.15. The highest BCUT2D eigenvalue weighted by molar-refractivity contribution is 5.80. The molecule has 0 saturated heterocycles. The van der Waals surface area contributed by atoms with Gasteiger partial charge < -0.3 is 10.4 Å². The number of carbonyl (C=O) groups excluding carboxylic acids is 1. The number of benzene rings is 1. The predicted molar refractivity (Wildman–Crippen MR) is 63.9 cm³/mol. The van der Waals surface area contributed by atoms with Crippen LogP contribution in [0.15, 0.2) is 36.4 Å². The van der Waals surface area contributed by atoms with Gasteiger partial charge in [-0.25, -0.2) is 0 Å². The molecule has 0 aromatic heterocycles. The zero-order valence-corrected chi connectivity index (χ0v) is 9.66. The summed E-state index contributed by atoms with van der Waals surface area (Å²) in [5.74, 6) is -0.0765. The molecule has 0 aliphatic rings. The number of hydrogen-bond acceptors (Lipinski definition) is 2. The van der Waals surface area contributed by atoms with E-state index in [0.717, 1.165) is 5.57 Å². The third-order valence-corrected chi connectivity index (χ3v) is 2.58. The van der Waals surface area contributed by atoms with Gasteiger partial charge >= 0.3 is 0 Å². The summed E-state index contributed by atoms with van der Waals surface area (Å²) in [6.07, 6.45) is 0. The van der Waals surface area contributed by atoms with Crippen LogP contribution in [0, 0.1) is 5.92 Å². The van der Waals surface area contributed by atoms with Gasteiger partial charge in [-0.15, -0.1) is 0 Å². The van der Waals surface area contributed by atoms with Gasteiger partial charge in [0.05, 0.1) is 5.92 Å². The Hall–Kier alpha value is -1.77. The van der Waals surface area contributed by atoms with E-state index in [0.29, 0.717) is 12.1 Å². The van der Waals surface area contributed by atoms with Gasteiger partial charge in [0.1, 0.15) is 5.75 Å². The first kappa shape index (κ1) is 12.3. The van der Waals surface area contributed by atoms with Crippen molar-refractivity contribution in [2.24, 2.45) is 5.92 Å². The molecule has 1 amide bonds.